The molecule has 1 N–H and O–H groups in total. The summed E-state index contributed by atoms with van der Waals surface area (Å²) in [5.41, 5.74) is 0.534. The quantitative estimate of drug-likeness (QED) is 0.654. The van der Waals surface area contributed by atoms with E-state index in [2.05, 4.69) is 4.98 Å². The van der Waals surface area contributed by atoms with E-state index < -0.39 is 16.6 Å². The Morgan fingerprint density at radius 3 is 2.70 bits per heavy atom. The van der Waals surface area contributed by atoms with Crippen molar-refractivity contribution >= 4 is 11.6 Å². The second-order valence-corrected chi connectivity index (χ2v) is 4.82. The molecule has 1 aromatic carbocycles. The van der Waals surface area contributed by atoms with E-state index in [1.54, 1.807) is 13.0 Å². The Morgan fingerprint density at radius 2 is 2.17 bits per heavy atom. The van der Waals surface area contributed by atoms with Gasteiger partial charge >= 0.3 is 0 Å². The maximum atomic E-state index is 13.7. The molecule has 122 valence electrons. The maximum Gasteiger partial charge on any atom is 0.287 e. The summed E-state index contributed by atoms with van der Waals surface area (Å²) in [6, 6.07) is 5.63. The second-order valence-electron chi connectivity index (χ2n) is 4.82. The van der Waals surface area contributed by atoms with Crippen LogP contribution in [0.2, 0.25) is 0 Å². The van der Waals surface area contributed by atoms with Crippen LogP contribution in [0, 0.1) is 15.9 Å². The van der Waals surface area contributed by atoms with Gasteiger partial charge in [-0.2, -0.15) is 0 Å². The van der Waals surface area contributed by atoms with E-state index in [9.17, 15) is 19.3 Å². The third-order valence-corrected chi connectivity index (χ3v) is 3.37. The first-order valence-electron chi connectivity index (χ1n) is 6.90. The van der Waals surface area contributed by atoms with Crippen molar-refractivity contribution in [2.45, 2.75) is 13.5 Å². The van der Waals surface area contributed by atoms with Gasteiger partial charge in [0.05, 0.1) is 18.2 Å². The molecule has 7 nitrogen and oxygen atoms in total. The number of benzene rings is 1. The number of hydrogen-bond donors (Lipinski definition) is 1. The fourth-order valence-electron chi connectivity index (χ4n) is 2.14. The van der Waals surface area contributed by atoms with Gasteiger partial charge in [-0.15, -0.1) is 0 Å². The minimum absolute atomic E-state index is 0.118. The third kappa shape index (κ3) is 3.65. The van der Waals surface area contributed by atoms with E-state index >= 15 is 0 Å². The molecule has 0 spiro atoms. The van der Waals surface area contributed by atoms with Crippen LogP contribution in [0.3, 0.4) is 0 Å². The molecule has 0 saturated heterocycles. The fourth-order valence-corrected chi connectivity index (χ4v) is 2.14. The standard InChI is InChI=1S/C15H16FN3O4/c1-3-18(9-10-4-5-14(23-2)12(16)6-10)15(20)13-7-11(8-17-13)19(21)22/h4-8,17H,3,9H2,1-2H3. The lowest BCUT2D eigenvalue weighted by molar-refractivity contribution is -0.384. The summed E-state index contributed by atoms with van der Waals surface area (Å²) in [7, 11) is 1.37. The number of nitro groups is 1. The van der Waals surface area contributed by atoms with E-state index in [1.165, 1.54) is 30.2 Å². The van der Waals surface area contributed by atoms with E-state index in [-0.39, 0.29) is 23.7 Å². The lowest BCUT2D eigenvalue weighted by Crippen LogP contribution is -2.30. The number of hydrogen-bond acceptors (Lipinski definition) is 4. The van der Waals surface area contributed by atoms with Crippen LogP contribution in [0.5, 0.6) is 5.75 Å². The van der Waals surface area contributed by atoms with Crippen molar-refractivity contribution in [3.8, 4) is 5.75 Å². The molecule has 0 unspecified atom stereocenters. The molecule has 0 radical (unpaired) electrons. The summed E-state index contributed by atoms with van der Waals surface area (Å²) in [5, 5.41) is 10.7. The van der Waals surface area contributed by atoms with Gasteiger partial charge in [0.25, 0.3) is 11.6 Å². The smallest absolute Gasteiger partial charge is 0.287 e. The molecule has 1 aromatic heterocycles. The van der Waals surface area contributed by atoms with Crippen LogP contribution in [0.25, 0.3) is 0 Å². The number of aromatic amines is 1. The number of rotatable bonds is 6. The molecule has 1 heterocycles. The highest BCUT2D eigenvalue weighted by atomic mass is 19.1. The molecule has 2 rings (SSSR count). The lowest BCUT2D eigenvalue weighted by Gasteiger charge is -2.20. The molecule has 0 atom stereocenters. The minimum Gasteiger partial charge on any atom is -0.494 e. The van der Waals surface area contributed by atoms with E-state index in [1.807, 2.05) is 0 Å². The average molecular weight is 321 g/mol. The molecule has 8 heteroatoms. The monoisotopic (exact) mass is 321 g/mol. The predicted octanol–water partition coefficient (Wildman–Crippen LogP) is 2.73. The van der Waals surface area contributed by atoms with Crippen molar-refractivity contribution in [2.75, 3.05) is 13.7 Å². The van der Waals surface area contributed by atoms with Gasteiger partial charge in [0.15, 0.2) is 11.6 Å². The molecule has 0 aliphatic rings. The van der Waals surface area contributed by atoms with Crippen molar-refractivity contribution < 1.29 is 18.8 Å². The van der Waals surface area contributed by atoms with E-state index in [4.69, 9.17) is 4.74 Å². The van der Waals surface area contributed by atoms with Crippen LogP contribution < -0.4 is 4.74 Å². The Hall–Kier alpha value is -2.90. The topological polar surface area (TPSA) is 88.5 Å². The lowest BCUT2D eigenvalue weighted by atomic mass is 10.2. The zero-order valence-corrected chi connectivity index (χ0v) is 12.7. The number of halogens is 1. The number of carbonyl (C=O) groups is 1. The molecule has 0 saturated carbocycles. The highest BCUT2D eigenvalue weighted by Crippen LogP contribution is 2.20. The Bertz CT molecular complexity index is 729. The molecule has 23 heavy (non-hydrogen) atoms. The third-order valence-electron chi connectivity index (χ3n) is 3.37. The van der Waals surface area contributed by atoms with Crippen LogP contribution in [0.4, 0.5) is 10.1 Å². The molecule has 0 aliphatic heterocycles. The molecular weight excluding hydrogens is 305 g/mol. The van der Waals surface area contributed by atoms with Gasteiger partial charge in [0.1, 0.15) is 5.69 Å². The Labute approximate surface area is 131 Å². The number of nitrogens with zero attached hydrogens (tertiary/aromatic N) is 2. The average Bonchev–Trinajstić information content (AvgIpc) is 3.02. The first-order chi connectivity index (χ1) is 11.0. The largest absolute Gasteiger partial charge is 0.494 e. The minimum atomic E-state index is -0.581. The fraction of sp³-hybridized carbons (Fsp3) is 0.267. The Balaban J connectivity index is 2.16. The first kappa shape index (κ1) is 16.5. The normalized spacial score (nSPS) is 10.4. The molecule has 0 bridgehead atoms. The molecule has 2 aromatic rings. The summed E-state index contributed by atoms with van der Waals surface area (Å²) in [4.78, 5) is 26.5. The van der Waals surface area contributed by atoms with Crippen molar-refractivity contribution in [3.63, 3.8) is 0 Å². The van der Waals surface area contributed by atoms with Crippen LogP contribution in [-0.4, -0.2) is 34.4 Å². The first-order valence-corrected chi connectivity index (χ1v) is 6.90. The van der Waals surface area contributed by atoms with Gasteiger partial charge in [0, 0.05) is 19.2 Å². The number of H-pyrrole nitrogens is 1. The highest BCUT2D eigenvalue weighted by Gasteiger charge is 2.20. The van der Waals surface area contributed by atoms with Crippen LogP contribution in [0.1, 0.15) is 23.0 Å². The molecule has 1 amide bonds. The van der Waals surface area contributed by atoms with Gasteiger partial charge in [-0.05, 0) is 24.6 Å². The van der Waals surface area contributed by atoms with Crippen molar-refractivity contribution in [3.05, 3.63) is 57.7 Å². The number of amides is 1. The van der Waals surface area contributed by atoms with Gasteiger partial charge in [-0.3, -0.25) is 14.9 Å². The summed E-state index contributed by atoms with van der Waals surface area (Å²) < 4.78 is 18.6. The van der Waals surface area contributed by atoms with E-state index in [0.29, 0.717) is 12.1 Å². The van der Waals surface area contributed by atoms with Gasteiger partial charge in [0.2, 0.25) is 0 Å². The van der Waals surface area contributed by atoms with E-state index in [0.717, 1.165) is 6.20 Å². The summed E-state index contributed by atoms with van der Waals surface area (Å²) >= 11 is 0. The van der Waals surface area contributed by atoms with Gasteiger partial charge < -0.3 is 14.6 Å². The van der Waals surface area contributed by atoms with Crippen LogP contribution in [-0.2, 0) is 6.54 Å². The highest BCUT2D eigenvalue weighted by molar-refractivity contribution is 5.93. The van der Waals surface area contributed by atoms with Gasteiger partial charge in [-0.25, -0.2) is 4.39 Å². The predicted molar refractivity (Wildman–Crippen MR) is 80.8 cm³/mol. The maximum absolute atomic E-state index is 13.7. The SMILES string of the molecule is CCN(Cc1ccc(OC)c(F)c1)C(=O)c1cc([N+](=O)[O-])c[nH]1. The summed E-state index contributed by atoms with van der Waals surface area (Å²) in [6.07, 6.45) is 1.16. The van der Waals surface area contributed by atoms with Crippen molar-refractivity contribution in [1.82, 2.24) is 9.88 Å². The number of ether oxygens (including phenoxy) is 1. The van der Waals surface area contributed by atoms with Crippen LogP contribution in [0.15, 0.2) is 30.5 Å². The Morgan fingerprint density at radius 1 is 1.43 bits per heavy atom. The van der Waals surface area contributed by atoms with Crippen molar-refractivity contribution in [1.29, 1.82) is 0 Å². The zero-order chi connectivity index (χ0) is 17.0. The number of aromatic nitrogens is 1. The second kappa shape index (κ2) is 6.91. The van der Waals surface area contributed by atoms with Crippen molar-refractivity contribution in [2.24, 2.45) is 0 Å². The number of methoxy groups -OCH3 is 1. The summed E-state index contributed by atoms with van der Waals surface area (Å²) in [5.74, 6) is -0.774. The molecular formula is C15H16FN3O4. The number of carbonyl (C=O) groups excluding carboxylic acids is 1. The molecule has 0 fully saturated rings. The zero-order valence-electron chi connectivity index (χ0n) is 12.7. The Kier molecular flexibility index (Phi) is 4.95. The van der Waals surface area contributed by atoms with Gasteiger partial charge in [-0.1, -0.05) is 6.07 Å². The number of nitrogens with one attached hydrogen (secondary N) is 1. The molecule has 0 aliphatic carbocycles. The van der Waals surface area contributed by atoms with Crippen LogP contribution >= 0.6 is 0 Å². The summed E-state index contributed by atoms with van der Waals surface area (Å²) in [6.45, 7) is 2.33.